The number of aromatic carboxylic acids is 1. The Morgan fingerprint density at radius 2 is 1.79 bits per heavy atom. The number of carbonyl (C=O) groups is 2. The van der Waals surface area contributed by atoms with E-state index in [1.807, 2.05) is 0 Å². The average molecular weight is 268 g/mol. The van der Waals surface area contributed by atoms with Crippen molar-refractivity contribution in [2.24, 2.45) is 0 Å². The number of nitrogens with zero attached hydrogens (tertiary/aromatic N) is 1. The normalized spacial score (nSPS) is 10.2. The van der Waals surface area contributed by atoms with Crippen molar-refractivity contribution in [3.8, 4) is 0 Å². The van der Waals surface area contributed by atoms with Gasteiger partial charge < -0.3 is 14.9 Å². The molecule has 0 saturated carbocycles. The van der Waals surface area contributed by atoms with Gasteiger partial charge in [-0.05, 0) is 12.1 Å². The van der Waals surface area contributed by atoms with Crippen molar-refractivity contribution in [1.82, 2.24) is 5.16 Å². The fourth-order valence-corrected chi connectivity index (χ4v) is 1.30. The average Bonchev–Trinajstić information content (AvgIpc) is 2.76. The van der Waals surface area contributed by atoms with Gasteiger partial charge in [0.25, 0.3) is 5.91 Å². The lowest BCUT2D eigenvalue weighted by atomic mass is 10.3. The van der Waals surface area contributed by atoms with Crippen LogP contribution < -0.4 is 5.32 Å². The SMILES string of the molecule is O=C(Nc1cc(F)cc(F)c1)c1cc(C(=O)O)on1. The van der Waals surface area contributed by atoms with Crippen LogP contribution >= 0.6 is 0 Å². The van der Waals surface area contributed by atoms with Crippen LogP contribution in [0.3, 0.4) is 0 Å². The fourth-order valence-electron chi connectivity index (χ4n) is 1.30. The lowest BCUT2D eigenvalue weighted by Crippen LogP contribution is -2.12. The van der Waals surface area contributed by atoms with Crippen LogP contribution in [0, 0.1) is 11.6 Å². The van der Waals surface area contributed by atoms with E-state index in [4.69, 9.17) is 5.11 Å². The lowest BCUT2D eigenvalue weighted by Gasteiger charge is -2.02. The Morgan fingerprint density at radius 3 is 2.32 bits per heavy atom. The second-order valence-corrected chi connectivity index (χ2v) is 3.49. The number of hydrogen-bond acceptors (Lipinski definition) is 4. The summed E-state index contributed by atoms with van der Waals surface area (Å²) in [6, 6.07) is 3.35. The molecule has 0 aliphatic carbocycles. The fraction of sp³-hybridized carbons (Fsp3) is 0. The zero-order chi connectivity index (χ0) is 14.0. The molecule has 1 aromatic heterocycles. The van der Waals surface area contributed by atoms with E-state index in [1.54, 1.807) is 0 Å². The Balaban J connectivity index is 2.18. The van der Waals surface area contributed by atoms with Crippen molar-refractivity contribution >= 4 is 17.6 Å². The van der Waals surface area contributed by atoms with Crippen LogP contribution in [0.15, 0.2) is 28.8 Å². The molecule has 0 radical (unpaired) electrons. The monoisotopic (exact) mass is 268 g/mol. The van der Waals surface area contributed by atoms with E-state index in [0.29, 0.717) is 6.07 Å². The van der Waals surface area contributed by atoms with E-state index in [0.717, 1.165) is 18.2 Å². The van der Waals surface area contributed by atoms with Gasteiger partial charge in [0, 0.05) is 17.8 Å². The highest BCUT2D eigenvalue weighted by molar-refractivity contribution is 6.03. The van der Waals surface area contributed by atoms with Crippen LogP contribution in [-0.4, -0.2) is 22.1 Å². The summed E-state index contributed by atoms with van der Waals surface area (Å²) in [6.07, 6.45) is 0. The molecule has 2 N–H and O–H groups in total. The summed E-state index contributed by atoms with van der Waals surface area (Å²) >= 11 is 0. The van der Waals surface area contributed by atoms with E-state index in [1.165, 1.54) is 0 Å². The van der Waals surface area contributed by atoms with Gasteiger partial charge in [-0.15, -0.1) is 0 Å². The number of carbonyl (C=O) groups excluding carboxylic acids is 1. The molecule has 2 aromatic rings. The molecule has 0 saturated heterocycles. The van der Waals surface area contributed by atoms with Crippen LogP contribution in [0.1, 0.15) is 21.0 Å². The lowest BCUT2D eigenvalue weighted by molar-refractivity contribution is 0.0651. The molecule has 0 aliphatic heterocycles. The molecule has 6 nitrogen and oxygen atoms in total. The third-order valence-corrected chi connectivity index (χ3v) is 2.07. The molecule has 1 amide bonds. The molecule has 0 fully saturated rings. The number of nitrogens with one attached hydrogen (secondary N) is 1. The summed E-state index contributed by atoms with van der Waals surface area (Å²) in [7, 11) is 0. The molecule has 98 valence electrons. The molecule has 0 unspecified atom stereocenters. The highest BCUT2D eigenvalue weighted by Crippen LogP contribution is 2.14. The van der Waals surface area contributed by atoms with Crippen LogP contribution in [0.5, 0.6) is 0 Å². The Bertz CT molecular complexity index is 634. The third kappa shape index (κ3) is 2.92. The predicted molar refractivity (Wildman–Crippen MR) is 57.8 cm³/mol. The Hall–Kier alpha value is -2.77. The molecular formula is C11H6F2N2O4. The van der Waals surface area contributed by atoms with E-state index < -0.39 is 29.3 Å². The quantitative estimate of drug-likeness (QED) is 0.886. The van der Waals surface area contributed by atoms with Crippen LogP contribution in [0.25, 0.3) is 0 Å². The Morgan fingerprint density at radius 1 is 1.16 bits per heavy atom. The highest BCUT2D eigenvalue weighted by atomic mass is 19.1. The zero-order valence-electron chi connectivity index (χ0n) is 9.18. The summed E-state index contributed by atoms with van der Waals surface area (Å²) in [5.74, 6) is -4.47. The minimum atomic E-state index is -1.39. The molecular weight excluding hydrogens is 262 g/mol. The van der Waals surface area contributed by atoms with Gasteiger partial charge in [0.15, 0.2) is 5.69 Å². The maximum Gasteiger partial charge on any atom is 0.374 e. The van der Waals surface area contributed by atoms with E-state index >= 15 is 0 Å². The first-order valence-corrected chi connectivity index (χ1v) is 4.93. The van der Waals surface area contributed by atoms with Gasteiger partial charge in [0.1, 0.15) is 11.6 Å². The largest absolute Gasteiger partial charge is 0.475 e. The number of halogens is 2. The third-order valence-electron chi connectivity index (χ3n) is 2.07. The topological polar surface area (TPSA) is 92.4 Å². The van der Waals surface area contributed by atoms with Crippen molar-refractivity contribution in [3.63, 3.8) is 0 Å². The summed E-state index contributed by atoms with van der Waals surface area (Å²) in [5.41, 5.74) is -0.440. The van der Waals surface area contributed by atoms with Gasteiger partial charge in [-0.3, -0.25) is 4.79 Å². The number of hydrogen-bond donors (Lipinski definition) is 2. The molecule has 0 aliphatic rings. The molecule has 2 rings (SSSR count). The number of amides is 1. The minimum Gasteiger partial charge on any atom is -0.475 e. The minimum absolute atomic E-state index is 0.123. The smallest absolute Gasteiger partial charge is 0.374 e. The molecule has 0 bridgehead atoms. The maximum absolute atomic E-state index is 12.9. The van der Waals surface area contributed by atoms with Crippen molar-refractivity contribution in [2.45, 2.75) is 0 Å². The molecule has 0 atom stereocenters. The van der Waals surface area contributed by atoms with Gasteiger partial charge in [-0.25, -0.2) is 13.6 Å². The molecule has 8 heteroatoms. The highest BCUT2D eigenvalue weighted by Gasteiger charge is 2.17. The maximum atomic E-state index is 12.9. The predicted octanol–water partition coefficient (Wildman–Crippen LogP) is 1.90. The molecule has 19 heavy (non-hydrogen) atoms. The Kier molecular flexibility index (Phi) is 3.23. The van der Waals surface area contributed by atoms with Crippen molar-refractivity contribution in [1.29, 1.82) is 0 Å². The van der Waals surface area contributed by atoms with Crippen LogP contribution in [-0.2, 0) is 0 Å². The second-order valence-electron chi connectivity index (χ2n) is 3.49. The number of carboxylic acid groups (broad SMARTS) is 1. The van der Waals surface area contributed by atoms with Crippen molar-refractivity contribution in [2.75, 3.05) is 5.32 Å². The van der Waals surface area contributed by atoms with Gasteiger partial charge >= 0.3 is 5.97 Å². The summed E-state index contributed by atoms with van der Waals surface area (Å²) < 4.78 is 30.1. The van der Waals surface area contributed by atoms with E-state index in [-0.39, 0.29) is 11.4 Å². The Labute approximate surface area is 104 Å². The van der Waals surface area contributed by atoms with Gasteiger partial charge in [0.05, 0.1) is 0 Å². The van der Waals surface area contributed by atoms with E-state index in [9.17, 15) is 18.4 Å². The first kappa shape index (κ1) is 12.7. The zero-order valence-corrected chi connectivity index (χ0v) is 9.18. The van der Waals surface area contributed by atoms with E-state index in [2.05, 4.69) is 15.0 Å². The standard InChI is InChI=1S/C11H6F2N2O4/c12-5-1-6(13)3-7(2-5)14-10(16)8-4-9(11(17)18)19-15-8/h1-4H,(H,14,16)(H,17,18). The van der Waals surface area contributed by atoms with Gasteiger partial charge in [-0.1, -0.05) is 5.16 Å². The second kappa shape index (κ2) is 4.84. The van der Waals surface area contributed by atoms with Crippen molar-refractivity contribution < 1.29 is 28.0 Å². The molecule has 1 aromatic carbocycles. The van der Waals surface area contributed by atoms with Crippen LogP contribution in [0.4, 0.5) is 14.5 Å². The first-order valence-electron chi connectivity index (χ1n) is 4.93. The summed E-state index contributed by atoms with van der Waals surface area (Å²) in [5, 5.41) is 14.0. The van der Waals surface area contributed by atoms with Crippen molar-refractivity contribution in [3.05, 3.63) is 47.4 Å². The first-order chi connectivity index (χ1) is 8.95. The summed E-state index contributed by atoms with van der Waals surface area (Å²) in [4.78, 5) is 22.1. The number of benzene rings is 1. The van der Waals surface area contributed by atoms with Gasteiger partial charge in [-0.2, -0.15) is 0 Å². The molecule has 0 spiro atoms. The van der Waals surface area contributed by atoms with Crippen LogP contribution in [0.2, 0.25) is 0 Å². The number of aromatic nitrogens is 1. The summed E-state index contributed by atoms with van der Waals surface area (Å²) in [6.45, 7) is 0. The molecule has 1 heterocycles. The number of rotatable bonds is 3. The van der Waals surface area contributed by atoms with Gasteiger partial charge in [0.2, 0.25) is 5.76 Å². The number of carboxylic acids is 1. The number of anilines is 1.